The van der Waals surface area contributed by atoms with Crippen LogP contribution in [-0.4, -0.2) is 12.6 Å². The Morgan fingerprint density at radius 3 is 2.56 bits per heavy atom. The normalized spacial score (nSPS) is 27.9. The molecule has 1 heteroatoms. The van der Waals surface area contributed by atoms with E-state index in [0.717, 1.165) is 6.54 Å². The quantitative estimate of drug-likeness (QED) is 0.524. The summed E-state index contributed by atoms with van der Waals surface area (Å²) in [7, 11) is 0. The smallest absolute Gasteiger partial charge is 0.0300 e. The van der Waals surface area contributed by atoms with Gasteiger partial charge in [0.15, 0.2) is 0 Å². The van der Waals surface area contributed by atoms with Crippen molar-refractivity contribution in [2.45, 2.75) is 26.3 Å². The van der Waals surface area contributed by atoms with Gasteiger partial charge < -0.3 is 5.32 Å². The van der Waals surface area contributed by atoms with Gasteiger partial charge in [-0.3, -0.25) is 0 Å². The molecule has 1 fully saturated rings. The zero-order valence-electron chi connectivity index (χ0n) is 6.28. The van der Waals surface area contributed by atoms with Crippen LogP contribution in [-0.2, 0) is 0 Å². The minimum Gasteiger partial charge on any atom is -0.310 e. The molecule has 1 rings (SSSR count). The third-order valence-electron chi connectivity index (χ3n) is 1.92. The molecule has 1 aliphatic heterocycles. The largest absolute Gasteiger partial charge is 0.310 e. The fourth-order valence-electron chi connectivity index (χ4n) is 1.40. The first-order valence-electron chi connectivity index (χ1n) is 3.63. The predicted molar refractivity (Wildman–Crippen MR) is 40.4 cm³/mol. The molecule has 0 amide bonds. The highest BCUT2D eigenvalue weighted by Gasteiger charge is 2.20. The van der Waals surface area contributed by atoms with Crippen LogP contribution in [0, 0.1) is 5.92 Å². The van der Waals surface area contributed by atoms with Crippen molar-refractivity contribution in [1.29, 1.82) is 0 Å². The van der Waals surface area contributed by atoms with E-state index in [1.807, 2.05) is 0 Å². The molecule has 1 N–H and O–H groups in total. The summed E-state index contributed by atoms with van der Waals surface area (Å²) in [6.45, 7) is 9.58. The lowest BCUT2D eigenvalue weighted by atomic mass is 9.99. The van der Waals surface area contributed by atoms with Gasteiger partial charge in [-0.15, -0.1) is 0 Å². The Hall–Kier alpha value is -0.300. The average molecular weight is 125 g/mol. The van der Waals surface area contributed by atoms with Gasteiger partial charge in [0.05, 0.1) is 0 Å². The van der Waals surface area contributed by atoms with E-state index in [1.54, 1.807) is 0 Å². The minimum atomic E-state index is 0.588. The fraction of sp³-hybridized carbons (Fsp3) is 0.750. The highest BCUT2D eigenvalue weighted by atomic mass is 14.9. The molecule has 0 aromatic rings. The van der Waals surface area contributed by atoms with Crippen molar-refractivity contribution in [3.05, 3.63) is 12.2 Å². The van der Waals surface area contributed by atoms with Crippen LogP contribution in [0.3, 0.4) is 0 Å². The molecule has 0 saturated carbocycles. The number of rotatable bonds is 1. The van der Waals surface area contributed by atoms with Gasteiger partial charge in [0.1, 0.15) is 0 Å². The maximum absolute atomic E-state index is 3.99. The first-order valence-corrected chi connectivity index (χ1v) is 3.63. The van der Waals surface area contributed by atoms with Crippen molar-refractivity contribution in [3.63, 3.8) is 0 Å². The van der Waals surface area contributed by atoms with E-state index >= 15 is 0 Å². The molecule has 0 radical (unpaired) electrons. The summed E-state index contributed by atoms with van der Waals surface area (Å²) in [6, 6.07) is 0.588. The average Bonchev–Trinajstić information content (AvgIpc) is 2.13. The molecule has 1 unspecified atom stereocenters. The SMILES string of the molecule is C=C1CCNC1C(C)C. The first-order chi connectivity index (χ1) is 4.22. The summed E-state index contributed by atoms with van der Waals surface area (Å²) in [5, 5.41) is 3.41. The molecular formula is C8H15N. The van der Waals surface area contributed by atoms with Gasteiger partial charge in [-0.2, -0.15) is 0 Å². The highest BCUT2D eigenvalue weighted by molar-refractivity contribution is 5.11. The van der Waals surface area contributed by atoms with Crippen molar-refractivity contribution < 1.29 is 0 Å². The molecule has 0 aliphatic carbocycles. The third-order valence-corrected chi connectivity index (χ3v) is 1.92. The Balaban J connectivity index is 2.49. The second kappa shape index (κ2) is 2.53. The van der Waals surface area contributed by atoms with E-state index in [0.29, 0.717) is 12.0 Å². The summed E-state index contributed by atoms with van der Waals surface area (Å²) in [5.74, 6) is 0.708. The summed E-state index contributed by atoms with van der Waals surface area (Å²) in [6.07, 6.45) is 1.17. The topological polar surface area (TPSA) is 12.0 Å². The lowest BCUT2D eigenvalue weighted by molar-refractivity contribution is 0.500. The summed E-state index contributed by atoms with van der Waals surface area (Å²) >= 11 is 0. The van der Waals surface area contributed by atoms with Crippen molar-refractivity contribution >= 4 is 0 Å². The molecule has 0 aromatic heterocycles. The molecule has 0 aromatic carbocycles. The van der Waals surface area contributed by atoms with Crippen molar-refractivity contribution in [2.24, 2.45) is 5.92 Å². The molecule has 1 aliphatic rings. The monoisotopic (exact) mass is 125 g/mol. The number of hydrogen-bond donors (Lipinski definition) is 1. The predicted octanol–water partition coefficient (Wildman–Crippen LogP) is 1.56. The van der Waals surface area contributed by atoms with Crippen LogP contribution >= 0.6 is 0 Å². The van der Waals surface area contributed by atoms with Crippen LogP contribution in [0.1, 0.15) is 20.3 Å². The Labute approximate surface area is 57.1 Å². The molecule has 0 spiro atoms. The van der Waals surface area contributed by atoms with Crippen LogP contribution in [0.25, 0.3) is 0 Å². The summed E-state index contributed by atoms with van der Waals surface area (Å²) in [5.41, 5.74) is 1.38. The van der Waals surface area contributed by atoms with Gasteiger partial charge in [0.2, 0.25) is 0 Å². The molecular weight excluding hydrogens is 110 g/mol. The highest BCUT2D eigenvalue weighted by Crippen LogP contribution is 2.18. The van der Waals surface area contributed by atoms with Gasteiger partial charge in [0.25, 0.3) is 0 Å². The fourth-order valence-corrected chi connectivity index (χ4v) is 1.40. The van der Waals surface area contributed by atoms with E-state index < -0.39 is 0 Å². The Morgan fingerprint density at radius 1 is 1.67 bits per heavy atom. The Kier molecular flexibility index (Phi) is 1.91. The Bertz CT molecular complexity index is 116. The van der Waals surface area contributed by atoms with Gasteiger partial charge in [0, 0.05) is 6.04 Å². The van der Waals surface area contributed by atoms with Gasteiger partial charge >= 0.3 is 0 Å². The summed E-state index contributed by atoms with van der Waals surface area (Å²) in [4.78, 5) is 0. The van der Waals surface area contributed by atoms with Gasteiger partial charge in [-0.25, -0.2) is 0 Å². The number of nitrogens with one attached hydrogen (secondary N) is 1. The van der Waals surface area contributed by atoms with Crippen molar-refractivity contribution in [3.8, 4) is 0 Å². The van der Waals surface area contributed by atoms with E-state index in [4.69, 9.17) is 0 Å². The maximum atomic E-state index is 3.99. The molecule has 9 heavy (non-hydrogen) atoms. The molecule has 1 heterocycles. The van der Waals surface area contributed by atoms with E-state index in [-0.39, 0.29) is 0 Å². The van der Waals surface area contributed by atoms with E-state index in [1.165, 1.54) is 12.0 Å². The summed E-state index contributed by atoms with van der Waals surface area (Å²) < 4.78 is 0. The van der Waals surface area contributed by atoms with Crippen LogP contribution in [0.15, 0.2) is 12.2 Å². The maximum Gasteiger partial charge on any atom is 0.0300 e. The van der Waals surface area contributed by atoms with Gasteiger partial charge in [-0.1, -0.05) is 26.0 Å². The van der Waals surface area contributed by atoms with Crippen LogP contribution in [0.4, 0.5) is 0 Å². The van der Waals surface area contributed by atoms with E-state index in [2.05, 4.69) is 25.7 Å². The van der Waals surface area contributed by atoms with Crippen molar-refractivity contribution in [2.75, 3.05) is 6.54 Å². The number of hydrogen-bond acceptors (Lipinski definition) is 1. The molecule has 0 bridgehead atoms. The van der Waals surface area contributed by atoms with E-state index in [9.17, 15) is 0 Å². The third kappa shape index (κ3) is 1.33. The second-order valence-electron chi connectivity index (χ2n) is 3.08. The molecule has 1 saturated heterocycles. The molecule has 1 nitrogen and oxygen atoms in total. The van der Waals surface area contributed by atoms with Crippen molar-refractivity contribution in [1.82, 2.24) is 5.32 Å². The van der Waals surface area contributed by atoms with Crippen LogP contribution in [0.2, 0.25) is 0 Å². The zero-order valence-corrected chi connectivity index (χ0v) is 6.28. The lowest BCUT2D eigenvalue weighted by Gasteiger charge is -2.15. The molecule has 52 valence electrons. The second-order valence-corrected chi connectivity index (χ2v) is 3.08. The van der Waals surface area contributed by atoms with Crippen LogP contribution < -0.4 is 5.32 Å². The van der Waals surface area contributed by atoms with Gasteiger partial charge in [-0.05, 0) is 18.9 Å². The Morgan fingerprint density at radius 2 is 2.33 bits per heavy atom. The van der Waals surface area contributed by atoms with Crippen LogP contribution in [0.5, 0.6) is 0 Å². The first kappa shape index (κ1) is 6.81. The lowest BCUT2D eigenvalue weighted by Crippen LogP contribution is -2.27. The minimum absolute atomic E-state index is 0.588. The standard InChI is InChI=1S/C8H15N/c1-6(2)8-7(3)4-5-9-8/h6,8-9H,3-5H2,1-2H3. The molecule has 1 atom stereocenters. The zero-order chi connectivity index (χ0) is 6.85.